The maximum absolute atomic E-state index is 13.1. The van der Waals surface area contributed by atoms with E-state index < -0.39 is 10.0 Å². The van der Waals surface area contributed by atoms with Crippen molar-refractivity contribution in [2.45, 2.75) is 24.3 Å². The van der Waals surface area contributed by atoms with Crippen molar-refractivity contribution in [3.63, 3.8) is 0 Å². The normalized spacial score (nSPS) is 17.9. The van der Waals surface area contributed by atoms with Crippen LogP contribution in [0, 0.1) is 0 Å². The van der Waals surface area contributed by atoms with Gasteiger partial charge in [-0.25, -0.2) is 13.4 Å². The van der Waals surface area contributed by atoms with E-state index in [1.54, 1.807) is 24.5 Å². The maximum Gasteiger partial charge on any atom is 0.264 e. The lowest BCUT2D eigenvalue weighted by Crippen LogP contribution is -2.35. The molecule has 6 heteroatoms. The molecule has 1 aliphatic rings. The molecule has 4 rings (SSSR count). The highest BCUT2D eigenvalue weighted by molar-refractivity contribution is 7.92. The number of nitrogens with one attached hydrogen (secondary N) is 1. The van der Waals surface area contributed by atoms with Crippen LogP contribution in [0.5, 0.6) is 0 Å². The number of rotatable bonds is 2. The maximum atomic E-state index is 13.1. The molecule has 0 bridgehead atoms. The van der Waals surface area contributed by atoms with E-state index in [0.29, 0.717) is 0 Å². The van der Waals surface area contributed by atoms with Gasteiger partial charge in [-0.15, -0.1) is 0 Å². The van der Waals surface area contributed by atoms with Crippen molar-refractivity contribution >= 4 is 26.7 Å². The number of nitrogens with zero attached hydrogens (tertiary/aromatic N) is 2. The molecule has 1 aromatic heterocycles. The molecule has 1 aliphatic heterocycles. The molecule has 0 aliphatic carbocycles. The van der Waals surface area contributed by atoms with Crippen molar-refractivity contribution in [3.05, 3.63) is 54.4 Å². The number of hydrogen-bond donors (Lipinski definition) is 1. The lowest BCUT2D eigenvalue weighted by atomic mass is 10.1. The summed E-state index contributed by atoms with van der Waals surface area (Å²) < 4.78 is 27.7. The fourth-order valence-electron chi connectivity index (χ4n) is 3.09. The van der Waals surface area contributed by atoms with E-state index in [1.165, 1.54) is 4.31 Å². The van der Waals surface area contributed by atoms with Crippen LogP contribution in [-0.4, -0.2) is 24.4 Å². The summed E-state index contributed by atoms with van der Waals surface area (Å²) in [5, 5.41) is 0. The second-order valence-corrected chi connectivity index (χ2v) is 7.38. The van der Waals surface area contributed by atoms with E-state index in [-0.39, 0.29) is 10.9 Å². The number of sulfonamides is 1. The summed E-state index contributed by atoms with van der Waals surface area (Å²) >= 11 is 0. The fraction of sp³-hybridized carbons (Fsp3) is 0.188. The smallest absolute Gasteiger partial charge is 0.264 e. The molecule has 1 N–H and O–H groups in total. The Labute approximate surface area is 128 Å². The van der Waals surface area contributed by atoms with Crippen LogP contribution in [0.1, 0.15) is 12.5 Å². The van der Waals surface area contributed by atoms with E-state index in [0.717, 1.165) is 28.7 Å². The predicted octanol–water partition coefficient (Wildman–Crippen LogP) is 2.70. The number of anilines is 1. The lowest BCUT2D eigenvalue weighted by molar-refractivity contribution is 0.584. The van der Waals surface area contributed by atoms with Crippen LogP contribution in [0.15, 0.2) is 53.7 Å². The van der Waals surface area contributed by atoms with Gasteiger partial charge in [0.1, 0.15) is 0 Å². The zero-order valence-electron chi connectivity index (χ0n) is 12.0. The van der Waals surface area contributed by atoms with Crippen LogP contribution in [0.3, 0.4) is 0 Å². The van der Waals surface area contributed by atoms with Gasteiger partial charge in [-0.1, -0.05) is 18.2 Å². The Morgan fingerprint density at radius 3 is 2.91 bits per heavy atom. The Kier molecular flexibility index (Phi) is 2.77. The molecule has 5 nitrogen and oxygen atoms in total. The molecular weight excluding hydrogens is 298 g/mol. The molecule has 0 radical (unpaired) electrons. The summed E-state index contributed by atoms with van der Waals surface area (Å²) in [6.45, 7) is 1.94. The Hall–Kier alpha value is -2.34. The van der Waals surface area contributed by atoms with Crippen molar-refractivity contribution in [2.24, 2.45) is 0 Å². The van der Waals surface area contributed by atoms with Gasteiger partial charge >= 0.3 is 0 Å². The largest absolute Gasteiger partial charge is 0.345 e. The molecule has 0 amide bonds. The van der Waals surface area contributed by atoms with E-state index in [2.05, 4.69) is 9.97 Å². The number of aromatic amines is 1. The van der Waals surface area contributed by atoms with Crippen molar-refractivity contribution in [1.82, 2.24) is 9.97 Å². The molecule has 3 aromatic rings. The number of imidazole rings is 1. The summed E-state index contributed by atoms with van der Waals surface area (Å²) in [6, 6.07) is 12.6. The first-order valence-corrected chi connectivity index (χ1v) is 8.57. The van der Waals surface area contributed by atoms with Crippen LogP contribution < -0.4 is 4.31 Å². The van der Waals surface area contributed by atoms with E-state index in [4.69, 9.17) is 0 Å². The first kappa shape index (κ1) is 13.3. The molecule has 0 saturated heterocycles. The van der Waals surface area contributed by atoms with Crippen molar-refractivity contribution in [3.8, 4) is 0 Å². The van der Waals surface area contributed by atoms with Crippen LogP contribution >= 0.6 is 0 Å². The van der Waals surface area contributed by atoms with Gasteiger partial charge in [0.25, 0.3) is 10.0 Å². The lowest BCUT2D eigenvalue weighted by Gasteiger charge is -2.24. The molecule has 112 valence electrons. The Morgan fingerprint density at radius 2 is 2.05 bits per heavy atom. The molecule has 0 fully saturated rings. The zero-order chi connectivity index (χ0) is 15.3. The van der Waals surface area contributed by atoms with E-state index in [9.17, 15) is 8.42 Å². The monoisotopic (exact) mass is 313 g/mol. The fourth-order valence-corrected chi connectivity index (χ4v) is 4.81. The van der Waals surface area contributed by atoms with Gasteiger partial charge in [-0.2, -0.15) is 0 Å². The SMILES string of the molecule is CC1Cc2ccccc2N1S(=O)(=O)c1ccc2nc[nH]c2c1. The molecule has 2 aromatic carbocycles. The number of H-pyrrole nitrogens is 1. The number of benzene rings is 2. The summed E-state index contributed by atoms with van der Waals surface area (Å²) in [5.74, 6) is 0. The minimum atomic E-state index is -3.59. The van der Waals surface area contributed by atoms with E-state index in [1.807, 2.05) is 31.2 Å². The van der Waals surface area contributed by atoms with Crippen LogP contribution in [-0.2, 0) is 16.4 Å². The third kappa shape index (κ3) is 1.84. The first-order valence-electron chi connectivity index (χ1n) is 7.13. The van der Waals surface area contributed by atoms with Gasteiger partial charge in [0.05, 0.1) is 27.9 Å². The number of para-hydroxylation sites is 1. The molecule has 22 heavy (non-hydrogen) atoms. The quantitative estimate of drug-likeness (QED) is 0.791. The van der Waals surface area contributed by atoms with Crippen LogP contribution in [0.2, 0.25) is 0 Å². The Balaban J connectivity index is 1.86. The summed E-state index contributed by atoms with van der Waals surface area (Å²) in [7, 11) is -3.59. The second-order valence-electron chi connectivity index (χ2n) is 5.56. The van der Waals surface area contributed by atoms with E-state index >= 15 is 0 Å². The molecular formula is C16H15N3O2S. The average molecular weight is 313 g/mol. The summed E-state index contributed by atoms with van der Waals surface area (Å²) in [6.07, 6.45) is 2.30. The zero-order valence-corrected chi connectivity index (χ0v) is 12.8. The molecule has 0 saturated carbocycles. The Bertz CT molecular complexity index is 962. The minimum absolute atomic E-state index is 0.0835. The number of fused-ring (bicyclic) bond motifs is 2. The number of hydrogen-bond acceptors (Lipinski definition) is 3. The topological polar surface area (TPSA) is 66.1 Å². The van der Waals surface area contributed by atoms with Gasteiger partial charge in [-0.3, -0.25) is 4.31 Å². The highest BCUT2D eigenvalue weighted by Gasteiger charge is 2.35. The average Bonchev–Trinajstić information content (AvgIpc) is 3.08. The predicted molar refractivity (Wildman–Crippen MR) is 85.4 cm³/mol. The highest BCUT2D eigenvalue weighted by Crippen LogP contribution is 2.36. The van der Waals surface area contributed by atoms with Crippen molar-refractivity contribution in [1.29, 1.82) is 0 Å². The molecule has 2 heterocycles. The standard InChI is InChI=1S/C16H15N3O2S/c1-11-8-12-4-2-3-5-16(12)19(11)22(20,21)13-6-7-14-15(9-13)18-10-17-14/h2-7,9-11H,8H2,1H3,(H,17,18). The van der Waals surface area contributed by atoms with Gasteiger partial charge in [0, 0.05) is 6.04 Å². The first-order chi connectivity index (χ1) is 10.6. The summed E-state index contributed by atoms with van der Waals surface area (Å²) in [4.78, 5) is 7.37. The molecule has 1 atom stereocenters. The third-order valence-corrected chi connectivity index (χ3v) is 6.02. The number of aromatic nitrogens is 2. The van der Waals surface area contributed by atoms with Crippen molar-refractivity contribution < 1.29 is 8.42 Å². The molecule has 1 unspecified atom stereocenters. The van der Waals surface area contributed by atoms with Gasteiger partial charge in [0.2, 0.25) is 0 Å². The summed E-state index contributed by atoms with van der Waals surface area (Å²) in [5.41, 5.74) is 3.33. The van der Waals surface area contributed by atoms with Crippen LogP contribution in [0.4, 0.5) is 5.69 Å². The second kappa shape index (κ2) is 4.58. The third-order valence-electron chi connectivity index (χ3n) is 4.09. The van der Waals surface area contributed by atoms with Crippen LogP contribution in [0.25, 0.3) is 11.0 Å². The Morgan fingerprint density at radius 1 is 1.23 bits per heavy atom. The van der Waals surface area contributed by atoms with Gasteiger partial charge in [0.15, 0.2) is 0 Å². The van der Waals surface area contributed by atoms with Gasteiger partial charge in [-0.05, 0) is 43.2 Å². The van der Waals surface area contributed by atoms with Gasteiger partial charge < -0.3 is 4.98 Å². The minimum Gasteiger partial charge on any atom is -0.345 e. The highest BCUT2D eigenvalue weighted by atomic mass is 32.2. The van der Waals surface area contributed by atoms with Crippen molar-refractivity contribution in [2.75, 3.05) is 4.31 Å². The molecule has 0 spiro atoms.